The first-order valence-electron chi connectivity index (χ1n) is 8.37. The van der Waals surface area contributed by atoms with Crippen molar-refractivity contribution in [2.24, 2.45) is 0 Å². The highest BCUT2D eigenvalue weighted by Gasteiger charge is 2.16. The number of rotatable bonds is 1. The molecular formula is C19H17N5O3. The highest BCUT2D eigenvalue weighted by molar-refractivity contribution is 6.06. The van der Waals surface area contributed by atoms with E-state index in [0.717, 1.165) is 0 Å². The highest BCUT2D eigenvalue weighted by atomic mass is 16.5. The van der Waals surface area contributed by atoms with Crippen molar-refractivity contribution >= 4 is 11.7 Å². The molecule has 3 aromatic rings. The van der Waals surface area contributed by atoms with E-state index >= 15 is 0 Å². The lowest BCUT2D eigenvalue weighted by Crippen LogP contribution is -2.15. The Hall–Kier alpha value is -3.68. The normalized spacial score (nSPS) is 13.6. The van der Waals surface area contributed by atoms with Crippen LogP contribution in [0.3, 0.4) is 0 Å². The molecule has 27 heavy (non-hydrogen) atoms. The molecule has 0 saturated carbocycles. The predicted molar refractivity (Wildman–Crippen MR) is 98.8 cm³/mol. The van der Waals surface area contributed by atoms with Gasteiger partial charge >= 0.3 is 0 Å². The van der Waals surface area contributed by atoms with Crippen LogP contribution >= 0.6 is 0 Å². The van der Waals surface area contributed by atoms with E-state index in [9.17, 15) is 4.79 Å². The topological polar surface area (TPSA) is 91.2 Å². The number of aromatic nitrogens is 4. The third kappa shape index (κ3) is 3.50. The molecule has 0 radical (unpaired) electrons. The average molecular weight is 363 g/mol. The fourth-order valence-electron chi connectivity index (χ4n) is 2.73. The van der Waals surface area contributed by atoms with Crippen LogP contribution in [0.1, 0.15) is 10.4 Å². The Kier molecular flexibility index (Phi) is 4.52. The fraction of sp³-hybridized carbons (Fsp3) is 0.158. The van der Waals surface area contributed by atoms with Crippen LogP contribution in [0.15, 0.2) is 54.9 Å². The van der Waals surface area contributed by atoms with E-state index in [-0.39, 0.29) is 5.91 Å². The van der Waals surface area contributed by atoms with Crippen LogP contribution in [-0.2, 0) is 6.54 Å². The van der Waals surface area contributed by atoms with E-state index in [1.807, 2.05) is 28.9 Å². The van der Waals surface area contributed by atoms with Crippen LogP contribution in [0.5, 0.6) is 11.5 Å². The van der Waals surface area contributed by atoms with Gasteiger partial charge in [-0.25, -0.2) is 4.98 Å². The van der Waals surface area contributed by atoms with Gasteiger partial charge in [-0.3, -0.25) is 4.79 Å². The Morgan fingerprint density at radius 2 is 2.15 bits per heavy atom. The molecular weight excluding hydrogens is 346 g/mol. The monoisotopic (exact) mass is 363 g/mol. The molecule has 4 rings (SSSR count). The number of carbonyl (C=O) groups is 1. The number of pyridine rings is 1. The number of nitrogens with zero attached hydrogens (tertiary/aromatic N) is 4. The molecule has 0 saturated heterocycles. The molecule has 0 atom stereocenters. The summed E-state index contributed by atoms with van der Waals surface area (Å²) in [7, 11) is 1.55. The van der Waals surface area contributed by atoms with Gasteiger partial charge in [-0.05, 0) is 36.4 Å². The van der Waals surface area contributed by atoms with Crippen molar-refractivity contribution < 1.29 is 14.3 Å². The molecule has 0 fully saturated rings. The Morgan fingerprint density at radius 3 is 3.04 bits per heavy atom. The lowest BCUT2D eigenvalue weighted by atomic mass is 10.1. The number of anilines is 1. The van der Waals surface area contributed by atoms with Gasteiger partial charge in [-0.2, -0.15) is 0 Å². The van der Waals surface area contributed by atoms with Crippen LogP contribution in [0.4, 0.5) is 5.82 Å². The van der Waals surface area contributed by atoms with Gasteiger partial charge < -0.3 is 19.4 Å². The number of benzene rings is 1. The van der Waals surface area contributed by atoms with Crippen molar-refractivity contribution in [2.75, 3.05) is 19.0 Å². The van der Waals surface area contributed by atoms with Gasteiger partial charge in [0.15, 0.2) is 5.82 Å². The standard InChI is InChI=1S/C19H17N5O3/c1-26-13-7-8-16-14(11-13)19(25)22-17-6-4-5-15(21-17)18-23-20-12-24(18)9-2-3-10-27-16/h2-8,11-12H,9-10H2,1H3,(H,21,22,25). The number of fused-ring (bicyclic) bond motifs is 5. The molecule has 8 nitrogen and oxygen atoms in total. The molecule has 2 bridgehead atoms. The van der Waals surface area contributed by atoms with Crippen LogP contribution in [0.2, 0.25) is 0 Å². The first-order chi connectivity index (χ1) is 13.2. The van der Waals surface area contributed by atoms with Crippen molar-refractivity contribution in [1.29, 1.82) is 0 Å². The molecule has 1 amide bonds. The van der Waals surface area contributed by atoms with E-state index in [1.54, 1.807) is 37.7 Å². The largest absolute Gasteiger partial charge is 0.497 e. The van der Waals surface area contributed by atoms with Crippen molar-refractivity contribution in [3.05, 3.63) is 60.4 Å². The third-order valence-corrected chi connectivity index (χ3v) is 4.07. The zero-order chi connectivity index (χ0) is 18.6. The van der Waals surface area contributed by atoms with Crippen molar-refractivity contribution in [1.82, 2.24) is 19.7 Å². The molecule has 0 spiro atoms. The van der Waals surface area contributed by atoms with Gasteiger partial charge in [0.2, 0.25) is 0 Å². The van der Waals surface area contributed by atoms with Gasteiger partial charge in [0, 0.05) is 6.54 Å². The molecule has 1 N–H and O–H groups in total. The number of ether oxygens (including phenoxy) is 2. The zero-order valence-corrected chi connectivity index (χ0v) is 14.6. The van der Waals surface area contributed by atoms with E-state index in [1.165, 1.54) is 0 Å². The van der Waals surface area contributed by atoms with Crippen LogP contribution in [-0.4, -0.2) is 39.4 Å². The van der Waals surface area contributed by atoms with E-state index in [2.05, 4.69) is 20.5 Å². The summed E-state index contributed by atoms with van der Waals surface area (Å²) < 4.78 is 12.9. The summed E-state index contributed by atoms with van der Waals surface area (Å²) in [6.45, 7) is 0.910. The summed E-state index contributed by atoms with van der Waals surface area (Å²) in [6.07, 6.45) is 5.47. The first kappa shape index (κ1) is 16.8. The van der Waals surface area contributed by atoms with Gasteiger partial charge in [0.1, 0.15) is 35.9 Å². The molecule has 1 aliphatic heterocycles. The molecule has 3 heterocycles. The van der Waals surface area contributed by atoms with E-state index < -0.39 is 0 Å². The molecule has 136 valence electrons. The summed E-state index contributed by atoms with van der Waals surface area (Å²) in [6, 6.07) is 10.5. The van der Waals surface area contributed by atoms with Crippen LogP contribution in [0.25, 0.3) is 11.5 Å². The average Bonchev–Trinajstić information content (AvgIpc) is 3.16. The molecule has 8 heteroatoms. The number of hydrogen-bond acceptors (Lipinski definition) is 6. The Labute approximate surface area is 155 Å². The number of carbonyl (C=O) groups excluding carboxylic acids is 1. The van der Waals surface area contributed by atoms with E-state index in [0.29, 0.717) is 47.6 Å². The second-order valence-electron chi connectivity index (χ2n) is 5.81. The minimum atomic E-state index is -0.337. The van der Waals surface area contributed by atoms with Crippen molar-refractivity contribution in [3.8, 4) is 23.0 Å². The van der Waals surface area contributed by atoms with Crippen molar-refractivity contribution in [2.45, 2.75) is 6.54 Å². The second kappa shape index (κ2) is 7.28. The zero-order valence-electron chi connectivity index (χ0n) is 14.6. The minimum Gasteiger partial charge on any atom is -0.497 e. The quantitative estimate of drug-likeness (QED) is 0.668. The summed E-state index contributed by atoms with van der Waals surface area (Å²) >= 11 is 0. The molecule has 1 aliphatic rings. The van der Waals surface area contributed by atoms with Crippen molar-refractivity contribution in [3.63, 3.8) is 0 Å². The highest BCUT2D eigenvalue weighted by Crippen LogP contribution is 2.26. The second-order valence-corrected chi connectivity index (χ2v) is 5.81. The summed E-state index contributed by atoms with van der Waals surface area (Å²) in [4.78, 5) is 17.3. The number of hydrogen-bond donors (Lipinski definition) is 1. The van der Waals surface area contributed by atoms with Gasteiger partial charge in [-0.1, -0.05) is 12.1 Å². The summed E-state index contributed by atoms with van der Waals surface area (Å²) in [5.41, 5.74) is 0.994. The van der Waals surface area contributed by atoms with Crippen LogP contribution in [0, 0.1) is 0 Å². The number of amides is 1. The van der Waals surface area contributed by atoms with E-state index in [4.69, 9.17) is 9.47 Å². The maximum absolute atomic E-state index is 12.8. The molecule has 2 aromatic heterocycles. The molecule has 0 unspecified atom stereocenters. The number of nitrogens with one attached hydrogen (secondary N) is 1. The molecule has 0 aliphatic carbocycles. The maximum Gasteiger partial charge on any atom is 0.260 e. The van der Waals surface area contributed by atoms with Crippen LogP contribution < -0.4 is 14.8 Å². The first-order valence-corrected chi connectivity index (χ1v) is 8.37. The lowest BCUT2D eigenvalue weighted by Gasteiger charge is -2.13. The lowest BCUT2D eigenvalue weighted by molar-refractivity contribution is 0.102. The SMILES string of the molecule is COc1ccc2c(c1)C(=O)Nc1cccc(n1)-c1nncn1CC=CCO2. The third-order valence-electron chi connectivity index (χ3n) is 4.07. The van der Waals surface area contributed by atoms with Gasteiger partial charge in [0.25, 0.3) is 5.91 Å². The van der Waals surface area contributed by atoms with Gasteiger partial charge in [-0.15, -0.1) is 10.2 Å². The summed E-state index contributed by atoms with van der Waals surface area (Å²) in [5, 5.41) is 10.9. The minimum absolute atomic E-state index is 0.327. The predicted octanol–water partition coefficient (Wildman–Crippen LogP) is 2.55. The fourth-order valence-corrected chi connectivity index (χ4v) is 2.73. The molecule has 1 aromatic carbocycles. The number of methoxy groups -OCH3 is 1. The number of allylic oxidation sites excluding steroid dienone is 1. The smallest absolute Gasteiger partial charge is 0.260 e. The van der Waals surface area contributed by atoms with Gasteiger partial charge in [0.05, 0.1) is 12.7 Å². The Balaban J connectivity index is 1.77. The Bertz CT molecular complexity index is 1010. The Morgan fingerprint density at radius 1 is 1.22 bits per heavy atom. The summed E-state index contributed by atoms with van der Waals surface area (Å²) in [5.74, 6) is 1.73. The maximum atomic E-state index is 12.8.